The zero-order valence-electron chi connectivity index (χ0n) is 14.0. The highest BCUT2D eigenvalue weighted by Crippen LogP contribution is 2.38. The smallest absolute Gasteiger partial charge is 0.0143 e. The minimum Gasteiger partial charge on any atom is -0.0616 e. The summed E-state index contributed by atoms with van der Waals surface area (Å²) in [5, 5.41) is 8.23. The maximum atomic E-state index is 2.43. The number of benzene rings is 4. The van der Waals surface area contributed by atoms with Crippen LogP contribution in [-0.4, -0.2) is 0 Å². The van der Waals surface area contributed by atoms with Crippen LogP contribution in [0.3, 0.4) is 0 Å². The van der Waals surface area contributed by atoms with Crippen molar-refractivity contribution >= 4 is 32.3 Å². The summed E-state index contributed by atoms with van der Waals surface area (Å²) in [6, 6.07) is 25.0. The van der Waals surface area contributed by atoms with E-state index in [2.05, 4.69) is 66.7 Å². The summed E-state index contributed by atoms with van der Waals surface area (Å²) in [6.07, 6.45) is 6.90. The average Bonchev–Trinajstić information content (AvgIpc) is 2.65. The highest BCUT2D eigenvalue weighted by Gasteiger charge is 2.17. The van der Waals surface area contributed by atoms with E-state index >= 15 is 0 Å². The Hall–Kier alpha value is -2.34. The molecule has 0 aliphatic heterocycles. The highest BCUT2D eigenvalue weighted by atomic mass is 14.2. The third-order valence-corrected chi connectivity index (χ3v) is 5.78. The van der Waals surface area contributed by atoms with Crippen LogP contribution < -0.4 is 0 Å². The lowest BCUT2D eigenvalue weighted by atomic mass is 9.81. The van der Waals surface area contributed by atoms with Crippen LogP contribution in [-0.2, 0) is 0 Å². The molecular weight excluding hydrogens is 288 g/mol. The zero-order valence-corrected chi connectivity index (χ0v) is 14.0. The fraction of sp³-hybridized carbons (Fsp3) is 0.250. The Kier molecular flexibility index (Phi) is 3.29. The molecule has 0 heterocycles. The van der Waals surface area contributed by atoms with Crippen LogP contribution in [0.1, 0.15) is 43.6 Å². The van der Waals surface area contributed by atoms with E-state index in [9.17, 15) is 0 Å². The molecule has 0 radical (unpaired) electrons. The maximum Gasteiger partial charge on any atom is -0.0143 e. The summed E-state index contributed by atoms with van der Waals surface area (Å²) >= 11 is 0. The summed E-state index contributed by atoms with van der Waals surface area (Å²) < 4.78 is 0. The lowest BCUT2D eigenvalue weighted by Crippen LogP contribution is -2.04. The third-order valence-electron chi connectivity index (χ3n) is 5.78. The summed E-state index contributed by atoms with van der Waals surface area (Å²) in [5.41, 5.74) is 1.57. The van der Waals surface area contributed by atoms with Gasteiger partial charge < -0.3 is 0 Å². The van der Waals surface area contributed by atoms with E-state index in [4.69, 9.17) is 0 Å². The zero-order chi connectivity index (χ0) is 15.9. The first-order valence-electron chi connectivity index (χ1n) is 9.24. The van der Waals surface area contributed by atoms with Gasteiger partial charge in [0.2, 0.25) is 0 Å². The second-order valence-corrected chi connectivity index (χ2v) is 7.30. The van der Waals surface area contributed by atoms with Crippen LogP contribution in [0.25, 0.3) is 32.3 Å². The van der Waals surface area contributed by atoms with E-state index in [-0.39, 0.29) is 0 Å². The van der Waals surface area contributed by atoms with Crippen molar-refractivity contribution in [2.75, 3.05) is 0 Å². The van der Waals surface area contributed by atoms with Gasteiger partial charge in [-0.1, -0.05) is 61.7 Å². The second kappa shape index (κ2) is 5.63. The van der Waals surface area contributed by atoms with Gasteiger partial charge in [0.1, 0.15) is 0 Å². The van der Waals surface area contributed by atoms with Gasteiger partial charge in [-0.25, -0.2) is 0 Å². The van der Waals surface area contributed by atoms with Crippen molar-refractivity contribution in [1.82, 2.24) is 0 Å². The normalized spacial score (nSPS) is 16.2. The minimum absolute atomic E-state index is 0.750. The van der Waals surface area contributed by atoms with Crippen LogP contribution in [0, 0.1) is 0 Å². The average molecular weight is 310 g/mol. The molecule has 4 aromatic rings. The molecule has 0 atom stereocenters. The Labute approximate surface area is 143 Å². The van der Waals surface area contributed by atoms with Crippen LogP contribution in [0.2, 0.25) is 0 Å². The third kappa shape index (κ3) is 2.29. The van der Waals surface area contributed by atoms with Crippen molar-refractivity contribution in [3.63, 3.8) is 0 Å². The molecule has 0 saturated heterocycles. The van der Waals surface area contributed by atoms with E-state index in [0.29, 0.717) is 0 Å². The van der Waals surface area contributed by atoms with Gasteiger partial charge in [0.05, 0.1) is 0 Å². The first-order chi connectivity index (χ1) is 11.9. The molecule has 0 unspecified atom stereocenters. The van der Waals surface area contributed by atoms with E-state index in [1.807, 2.05) is 0 Å². The van der Waals surface area contributed by atoms with Gasteiger partial charge in [-0.2, -0.15) is 0 Å². The quantitative estimate of drug-likeness (QED) is 0.326. The van der Waals surface area contributed by atoms with Crippen molar-refractivity contribution in [3.05, 3.63) is 72.3 Å². The van der Waals surface area contributed by atoms with Crippen LogP contribution in [0.4, 0.5) is 0 Å². The van der Waals surface area contributed by atoms with Crippen molar-refractivity contribution in [2.45, 2.75) is 38.0 Å². The van der Waals surface area contributed by atoms with E-state index in [1.54, 1.807) is 5.56 Å². The SMILES string of the molecule is c1ccc2cc3cc4c(C5CCCCC5)cccc4cc3cc2c1. The monoisotopic (exact) mass is 310 g/mol. The van der Waals surface area contributed by atoms with E-state index in [1.165, 1.54) is 64.4 Å². The van der Waals surface area contributed by atoms with Crippen molar-refractivity contribution in [2.24, 2.45) is 0 Å². The van der Waals surface area contributed by atoms with Gasteiger partial charge in [0.15, 0.2) is 0 Å². The Balaban J connectivity index is 1.77. The fourth-order valence-corrected chi connectivity index (χ4v) is 4.51. The number of hydrogen-bond acceptors (Lipinski definition) is 0. The first-order valence-corrected chi connectivity index (χ1v) is 9.24. The Morgan fingerprint density at radius 2 is 1.17 bits per heavy atom. The fourth-order valence-electron chi connectivity index (χ4n) is 4.51. The molecule has 24 heavy (non-hydrogen) atoms. The van der Waals surface area contributed by atoms with E-state index in [0.717, 1.165) is 5.92 Å². The Morgan fingerprint density at radius 3 is 1.92 bits per heavy atom. The first kappa shape index (κ1) is 14.0. The van der Waals surface area contributed by atoms with Crippen LogP contribution in [0.5, 0.6) is 0 Å². The molecular formula is C24H22. The summed E-state index contributed by atoms with van der Waals surface area (Å²) in [7, 11) is 0. The number of hydrogen-bond donors (Lipinski definition) is 0. The van der Waals surface area contributed by atoms with E-state index < -0.39 is 0 Å². The molecule has 118 valence electrons. The van der Waals surface area contributed by atoms with Gasteiger partial charge in [0, 0.05) is 0 Å². The van der Waals surface area contributed by atoms with Gasteiger partial charge >= 0.3 is 0 Å². The molecule has 0 heteroatoms. The molecule has 1 saturated carbocycles. The van der Waals surface area contributed by atoms with Gasteiger partial charge in [-0.3, -0.25) is 0 Å². The maximum absolute atomic E-state index is 2.43. The Morgan fingerprint density at radius 1 is 0.542 bits per heavy atom. The minimum atomic E-state index is 0.750. The molecule has 4 aromatic carbocycles. The number of rotatable bonds is 1. The molecule has 5 rings (SSSR count). The lowest BCUT2D eigenvalue weighted by molar-refractivity contribution is 0.445. The number of fused-ring (bicyclic) bond motifs is 3. The summed E-state index contributed by atoms with van der Waals surface area (Å²) in [5.74, 6) is 0.750. The van der Waals surface area contributed by atoms with Crippen molar-refractivity contribution in [1.29, 1.82) is 0 Å². The van der Waals surface area contributed by atoms with Gasteiger partial charge in [0.25, 0.3) is 0 Å². The molecule has 0 spiro atoms. The van der Waals surface area contributed by atoms with Crippen molar-refractivity contribution in [3.8, 4) is 0 Å². The molecule has 0 aromatic heterocycles. The van der Waals surface area contributed by atoms with Crippen LogP contribution in [0.15, 0.2) is 66.7 Å². The summed E-state index contributed by atoms with van der Waals surface area (Å²) in [4.78, 5) is 0. The van der Waals surface area contributed by atoms with Gasteiger partial charge in [-0.15, -0.1) is 0 Å². The topological polar surface area (TPSA) is 0 Å². The molecule has 0 N–H and O–H groups in total. The predicted molar refractivity (Wildman–Crippen MR) is 105 cm³/mol. The summed E-state index contributed by atoms with van der Waals surface area (Å²) in [6.45, 7) is 0. The molecule has 1 aliphatic carbocycles. The standard InChI is InChI=1S/C24H22/c1-2-7-17(8-3-1)23-12-6-11-20-15-21-13-18-9-4-5-10-19(18)14-22(21)16-24(20)23/h4-6,9-17H,1-3,7-8H2. The largest absolute Gasteiger partial charge is 0.0616 e. The molecule has 1 aliphatic rings. The molecule has 0 amide bonds. The molecule has 1 fully saturated rings. The lowest BCUT2D eigenvalue weighted by Gasteiger charge is -2.23. The molecule has 0 bridgehead atoms. The Bertz CT molecular complexity index is 1040. The van der Waals surface area contributed by atoms with Crippen molar-refractivity contribution < 1.29 is 0 Å². The highest BCUT2D eigenvalue weighted by molar-refractivity contribution is 6.05. The second-order valence-electron chi connectivity index (χ2n) is 7.30. The van der Waals surface area contributed by atoms with Crippen LogP contribution >= 0.6 is 0 Å². The molecule has 0 nitrogen and oxygen atoms in total. The van der Waals surface area contributed by atoms with Gasteiger partial charge in [-0.05, 0) is 80.9 Å². The predicted octanol–water partition coefficient (Wildman–Crippen LogP) is 7.19.